The number of halogens is 2. The number of furan rings is 1. The number of nitrogens with one attached hydrogen (secondary N) is 1. The van der Waals surface area contributed by atoms with Gasteiger partial charge in [0, 0.05) is 6.20 Å². The molecule has 0 saturated heterocycles. The van der Waals surface area contributed by atoms with Gasteiger partial charge in [-0.15, -0.1) is 0 Å². The van der Waals surface area contributed by atoms with Crippen molar-refractivity contribution in [1.29, 1.82) is 0 Å². The summed E-state index contributed by atoms with van der Waals surface area (Å²) in [5, 5.41) is 2.81. The Kier molecular flexibility index (Phi) is 5.41. The Morgan fingerprint density at radius 3 is 2.86 bits per heavy atom. The first kappa shape index (κ1) is 16.3. The highest BCUT2D eigenvalue weighted by atomic mass is 35.5. The monoisotopic (exact) mass is 342 g/mol. The van der Waals surface area contributed by atoms with Crippen LogP contribution in [-0.2, 0) is 16.1 Å². The maximum absolute atomic E-state index is 11.9. The van der Waals surface area contributed by atoms with Crippen LogP contribution in [0.4, 0.5) is 0 Å². The van der Waals surface area contributed by atoms with Crippen LogP contribution in [0, 0.1) is 0 Å². The summed E-state index contributed by atoms with van der Waals surface area (Å²) in [4.78, 5) is 27.5. The smallest absolute Gasteiger partial charge is 0.340 e. The Labute approximate surface area is 136 Å². The standard InChI is InChI=1S/C14H12Cl2N2O4/c1-8(13(19)18-7-10-3-2-4-21-10)22-14(20)9-5-11(15)12(16)17-6-9/h2-6,8H,7H2,1H3,(H,18,19)/t8-/m0/s1. The maximum Gasteiger partial charge on any atom is 0.340 e. The molecule has 8 heteroatoms. The van der Waals surface area contributed by atoms with Crippen LogP contribution in [-0.4, -0.2) is 23.0 Å². The molecular weight excluding hydrogens is 331 g/mol. The van der Waals surface area contributed by atoms with Gasteiger partial charge in [0.15, 0.2) is 6.10 Å². The maximum atomic E-state index is 11.9. The van der Waals surface area contributed by atoms with E-state index in [9.17, 15) is 9.59 Å². The number of ether oxygens (including phenoxy) is 1. The fraction of sp³-hybridized carbons (Fsp3) is 0.214. The highest BCUT2D eigenvalue weighted by Gasteiger charge is 2.19. The fourth-order valence-electron chi connectivity index (χ4n) is 1.55. The average molecular weight is 343 g/mol. The topological polar surface area (TPSA) is 81.4 Å². The minimum atomic E-state index is -0.975. The summed E-state index contributed by atoms with van der Waals surface area (Å²) in [7, 11) is 0. The lowest BCUT2D eigenvalue weighted by Crippen LogP contribution is -2.35. The quantitative estimate of drug-likeness (QED) is 0.667. The molecule has 1 amide bonds. The summed E-state index contributed by atoms with van der Waals surface area (Å²) in [6.45, 7) is 1.67. The van der Waals surface area contributed by atoms with Gasteiger partial charge in [0.1, 0.15) is 10.9 Å². The summed E-state index contributed by atoms with van der Waals surface area (Å²) < 4.78 is 10.1. The summed E-state index contributed by atoms with van der Waals surface area (Å²) >= 11 is 11.4. The molecule has 0 radical (unpaired) electrons. The lowest BCUT2D eigenvalue weighted by Gasteiger charge is -2.13. The van der Waals surface area contributed by atoms with E-state index in [0.29, 0.717) is 5.76 Å². The van der Waals surface area contributed by atoms with E-state index in [-0.39, 0.29) is 22.3 Å². The number of rotatable bonds is 5. The van der Waals surface area contributed by atoms with Gasteiger partial charge in [0.25, 0.3) is 5.91 Å². The molecule has 0 saturated carbocycles. The predicted octanol–water partition coefficient (Wildman–Crippen LogP) is 2.84. The average Bonchev–Trinajstić information content (AvgIpc) is 3.00. The number of amides is 1. The summed E-state index contributed by atoms with van der Waals surface area (Å²) in [6.07, 6.45) is 1.75. The number of aromatic nitrogens is 1. The summed E-state index contributed by atoms with van der Waals surface area (Å²) in [5.41, 5.74) is 0.111. The van der Waals surface area contributed by atoms with E-state index in [0.717, 1.165) is 0 Å². The van der Waals surface area contributed by atoms with E-state index in [4.69, 9.17) is 32.4 Å². The molecule has 2 rings (SSSR count). The highest BCUT2D eigenvalue weighted by molar-refractivity contribution is 6.41. The van der Waals surface area contributed by atoms with Gasteiger partial charge in [0.2, 0.25) is 0 Å². The Bertz CT molecular complexity index is 673. The number of esters is 1. The van der Waals surface area contributed by atoms with Crippen molar-refractivity contribution >= 4 is 35.1 Å². The molecule has 1 N–H and O–H groups in total. The van der Waals surface area contributed by atoms with Crippen molar-refractivity contribution in [2.24, 2.45) is 0 Å². The second-order valence-corrected chi connectivity index (χ2v) is 5.11. The van der Waals surface area contributed by atoms with Gasteiger partial charge in [-0.1, -0.05) is 23.2 Å². The number of hydrogen-bond donors (Lipinski definition) is 1. The van der Waals surface area contributed by atoms with Crippen molar-refractivity contribution in [3.05, 3.63) is 52.2 Å². The molecule has 0 fully saturated rings. The molecule has 2 aromatic heterocycles. The molecule has 0 unspecified atom stereocenters. The minimum Gasteiger partial charge on any atom is -0.467 e. The molecule has 0 bridgehead atoms. The van der Waals surface area contributed by atoms with Gasteiger partial charge in [0.05, 0.1) is 23.4 Å². The lowest BCUT2D eigenvalue weighted by molar-refractivity contribution is -0.129. The van der Waals surface area contributed by atoms with Gasteiger partial charge in [-0.05, 0) is 25.1 Å². The molecule has 2 heterocycles. The van der Waals surface area contributed by atoms with Gasteiger partial charge < -0.3 is 14.5 Å². The van der Waals surface area contributed by atoms with E-state index in [1.165, 1.54) is 25.5 Å². The Morgan fingerprint density at radius 1 is 1.45 bits per heavy atom. The number of carbonyl (C=O) groups is 2. The molecule has 6 nitrogen and oxygen atoms in total. The third-order valence-electron chi connectivity index (χ3n) is 2.70. The largest absolute Gasteiger partial charge is 0.467 e. The van der Waals surface area contributed by atoms with Gasteiger partial charge >= 0.3 is 5.97 Å². The number of pyridine rings is 1. The molecule has 2 aromatic rings. The third kappa shape index (κ3) is 4.22. The van der Waals surface area contributed by atoms with Crippen LogP contribution in [0.3, 0.4) is 0 Å². The van der Waals surface area contributed by atoms with Crippen molar-refractivity contribution in [1.82, 2.24) is 10.3 Å². The molecule has 116 valence electrons. The van der Waals surface area contributed by atoms with Crippen molar-refractivity contribution in [3.63, 3.8) is 0 Å². The van der Waals surface area contributed by atoms with Crippen LogP contribution >= 0.6 is 23.2 Å². The Hall–Kier alpha value is -2.05. The molecular formula is C14H12Cl2N2O4. The summed E-state index contributed by atoms with van der Waals surface area (Å²) in [6, 6.07) is 4.76. The molecule has 0 aliphatic carbocycles. The summed E-state index contributed by atoms with van der Waals surface area (Å²) in [5.74, 6) is -0.565. The molecule has 22 heavy (non-hydrogen) atoms. The lowest BCUT2D eigenvalue weighted by atomic mass is 10.3. The van der Waals surface area contributed by atoms with Gasteiger partial charge in [-0.3, -0.25) is 4.79 Å². The van der Waals surface area contributed by atoms with Crippen molar-refractivity contribution in [3.8, 4) is 0 Å². The van der Waals surface area contributed by atoms with Crippen LogP contribution in [0.2, 0.25) is 10.2 Å². The van der Waals surface area contributed by atoms with Crippen LogP contribution in [0.25, 0.3) is 0 Å². The van der Waals surface area contributed by atoms with Gasteiger partial charge in [-0.25, -0.2) is 9.78 Å². The zero-order valence-electron chi connectivity index (χ0n) is 11.5. The SMILES string of the molecule is C[C@H](OC(=O)c1cnc(Cl)c(Cl)c1)C(=O)NCc1ccco1. The normalized spacial score (nSPS) is 11.8. The third-order valence-corrected chi connectivity index (χ3v) is 3.39. The number of hydrogen-bond acceptors (Lipinski definition) is 5. The fourth-order valence-corrected chi connectivity index (χ4v) is 1.82. The zero-order valence-corrected chi connectivity index (χ0v) is 13.0. The van der Waals surface area contributed by atoms with Crippen LogP contribution < -0.4 is 5.32 Å². The first-order valence-electron chi connectivity index (χ1n) is 6.29. The molecule has 0 aliphatic rings. The van der Waals surface area contributed by atoms with E-state index < -0.39 is 18.0 Å². The minimum absolute atomic E-state index is 0.0856. The first-order chi connectivity index (χ1) is 10.5. The molecule has 0 spiro atoms. The van der Waals surface area contributed by atoms with E-state index in [1.807, 2.05) is 0 Å². The van der Waals surface area contributed by atoms with E-state index in [2.05, 4.69) is 10.3 Å². The van der Waals surface area contributed by atoms with Gasteiger partial charge in [-0.2, -0.15) is 0 Å². The van der Waals surface area contributed by atoms with Crippen LogP contribution in [0.5, 0.6) is 0 Å². The van der Waals surface area contributed by atoms with Crippen molar-refractivity contribution in [2.75, 3.05) is 0 Å². The Morgan fingerprint density at radius 2 is 2.23 bits per heavy atom. The molecule has 0 aliphatic heterocycles. The van der Waals surface area contributed by atoms with Crippen molar-refractivity contribution < 1.29 is 18.7 Å². The second kappa shape index (κ2) is 7.29. The van der Waals surface area contributed by atoms with E-state index >= 15 is 0 Å². The number of nitrogens with zero attached hydrogens (tertiary/aromatic N) is 1. The first-order valence-corrected chi connectivity index (χ1v) is 7.05. The Balaban J connectivity index is 1.89. The molecule has 0 aromatic carbocycles. The number of carbonyl (C=O) groups excluding carboxylic acids is 2. The zero-order chi connectivity index (χ0) is 16.1. The molecule has 1 atom stereocenters. The van der Waals surface area contributed by atoms with Crippen LogP contribution in [0.15, 0.2) is 35.1 Å². The predicted molar refractivity (Wildman–Crippen MR) is 79.7 cm³/mol. The van der Waals surface area contributed by atoms with Crippen LogP contribution in [0.1, 0.15) is 23.0 Å². The highest BCUT2D eigenvalue weighted by Crippen LogP contribution is 2.20. The van der Waals surface area contributed by atoms with Crippen molar-refractivity contribution in [2.45, 2.75) is 19.6 Å². The second-order valence-electron chi connectivity index (χ2n) is 4.34. The van der Waals surface area contributed by atoms with E-state index in [1.54, 1.807) is 12.1 Å².